The van der Waals surface area contributed by atoms with Crippen LogP contribution in [0.2, 0.25) is 0 Å². The molecule has 0 heterocycles. The molecule has 1 rings (SSSR count). The first-order valence-corrected chi connectivity index (χ1v) is 5.93. The Bertz CT molecular complexity index is 463. The van der Waals surface area contributed by atoms with Crippen LogP contribution in [0.25, 0.3) is 0 Å². The van der Waals surface area contributed by atoms with Crippen LogP contribution in [0.15, 0.2) is 18.2 Å². The maximum Gasteiger partial charge on any atom is 0.416 e. The number of benzene rings is 1. The maximum absolute atomic E-state index is 12.9. The molecule has 6 heteroatoms. The van der Waals surface area contributed by atoms with Crippen LogP contribution in [0.5, 0.6) is 0 Å². The summed E-state index contributed by atoms with van der Waals surface area (Å²) in [7, 11) is 0. The van der Waals surface area contributed by atoms with Gasteiger partial charge in [-0.25, -0.2) is 0 Å². The van der Waals surface area contributed by atoms with Crippen LogP contribution < -0.4 is 5.73 Å². The molecule has 0 aliphatic heterocycles. The number of halogens is 3. The quantitative estimate of drug-likeness (QED) is 0.837. The lowest BCUT2D eigenvalue weighted by Gasteiger charge is -2.22. The van der Waals surface area contributed by atoms with Gasteiger partial charge in [-0.15, -0.1) is 0 Å². The summed E-state index contributed by atoms with van der Waals surface area (Å²) in [5.41, 5.74) is 4.98. The first-order valence-electron chi connectivity index (χ1n) is 5.93. The fraction of sp³-hybridized carbons (Fsp3) is 0.462. The van der Waals surface area contributed by atoms with Crippen molar-refractivity contribution in [1.82, 2.24) is 4.90 Å². The number of nitrogen functional groups attached to an aromatic ring is 1. The van der Waals surface area contributed by atoms with Crippen molar-refractivity contribution in [2.45, 2.75) is 26.1 Å². The number of hydrogen-bond acceptors (Lipinski definition) is 3. The first-order chi connectivity index (χ1) is 8.88. The minimum Gasteiger partial charge on any atom is -0.399 e. The molecule has 2 N–H and O–H groups in total. The predicted molar refractivity (Wildman–Crippen MR) is 67.0 cm³/mol. The average molecular weight is 271 g/mol. The molecule has 0 saturated heterocycles. The van der Waals surface area contributed by atoms with Gasteiger partial charge in [0.05, 0.1) is 11.6 Å². The molecule has 0 aliphatic carbocycles. The molecule has 19 heavy (non-hydrogen) atoms. The van der Waals surface area contributed by atoms with Crippen molar-refractivity contribution >= 4 is 5.69 Å². The summed E-state index contributed by atoms with van der Waals surface area (Å²) in [6, 6.07) is 5.80. The lowest BCUT2D eigenvalue weighted by atomic mass is 10.1. The normalized spacial score (nSPS) is 11.6. The van der Waals surface area contributed by atoms with Gasteiger partial charge in [0.1, 0.15) is 0 Å². The van der Waals surface area contributed by atoms with Gasteiger partial charge >= 0.3 is 6.18 Å². The van der Waals surface area contributed by atoms with Gasteiger partial charge in [-0.3, -0.25) is 4.90 Å². The Kier molecular flexibility index (Phi) is 5.19. The summed E-state index contributed by atoms with van der Waals surface area (Å²) >= 11 is 0. The highest BCUT2D eigenvalue weighted by Crippen LogP contribution is 2.33. The summed E-state index contributed by atoms with van der Waals surface area (Å²) in [6.07, 6.45) is -4.12. The highest BCUT2D eigenvalue weighted by atomic mass is 19.4. The van der Waals surface area contributed by atoms with Gasteiger partial charge in [-0.1, -0.05) is 13.0 Å². The van der Waals surface area contributed by atoms with Crippen molar-refractivity contribution in [3.8, 4) is 6.07 Å². The standard InChI is InChI=1S/C13H16F3N3/c1-2-19(7-3-6-17)9-10-4-5-11(18)8-12(10)13(14,15)16/h4-5,8H,2-3,7,9,18H2,1H3. The van der Waals surface area contributed by atoms with Gasteiger partial charge in [0, 0.05) is 25.2 Å². The summed E-state index contributed by atoms with van der Waals surface area (Å²) in [5, 5.41) is 8.52. The topological polar surface area (TPSA) is 53.0 Å². The van der Waals surface area contributed by atoms with Crippen LogP contribution in [0.1, 0.15) is 24.5 Å². The van der Waals surface area contributed by atoms with Crippen LogP contribution in [-0.2, 0) is 12.7 Å². The lowest BCUT2D eigenvalue weighted by Crippen LogP contribution is -2.25. The predicted octanol–water partition coefficient (Wildman–Crippen LogP) is 3.02. The largest absolute Gasteiger partial charge is 0.416 e. The zero-order valence-electron chi connectivity index (χ0n) is 10.7. The second kappa shape index (κ2) is 6.43. The fourth-order valence-corrected chi connectivity index (χ4v) is 1.79. The summed E-state index contributed by atoms with van der Waals surface area (Å²) in [6.45, 7) is 3.05. The van der Waals surface area contributed by atoms with E-state index in [2.05, 4.69) is 0 Å². The number of nitrogens with zero attached hydrogens (tertiary/aromatic N) is 2. The van der Waals surface area contributed by atoms with Crippen molar-refractivity contribution in [1.29, 1.82) is 5.26 Å². The number of nitrogens with two attached hydrogens (primary N) is 1. The first kappa shape index (κ1) is 15.3. The molecule has 0 radical (unpaired) electrons. The second-order valence-electron chi connectivity index (χ2n) is 4.19. The maximum atomic E-state index is 12.9. The van der Waals surface area contributed by atoms with E-state index in [0.29, 0.717) is 19.5 Å². The minimum absolute atomic E-state index is 0.0937. The number of hydrogen-bond donors (Lipinski definition) is 1. The molecule has 0 amide bonds. The molecule has 0 unspecified atom stereocenters. The highest BCUT2D eigenvalue weighted by molar-refractivity contribution is 5.46. The van der Waals surface area contributed by atoms with Crippen LogP contribution in [0.4, 0.5) is 18.9 Å². The van der Waals surface area contributed by atoms with Crippen molar-refractivity contribution in [3.05, 3.63) is 29.3 Å². The monoisotopic (exact) mass is 271 g/mol. The molecule has 104 valence electrons. The van der Waals surface area contributed by atoms with Crippen LogP contribution in [0.3, 0.4) is 0 Å². The van der Waals surface area contributed by atoms with Crippen LogP contribution in [-0.4, -0.2) is 18.0 Å². The average Bonchev–Trinajstić information content (AvgIpc) is 2.34. The van der Waals surface area contributed by atoms with E-state index in [1.165, 1.54) is 12.1 Å². The molecular weight excluding hydrogens is 255 g/mol. The third-order valence-corrected chi connectivity index (χ3v) is 2.82. The van der Waals surface area contributed by atoms with E-state index >= 15 is 0 Å². The van der Waals surface area contributed by atoms with E-state index in [4.69, 9.17) is 11.0 Å². The Morgan fingerprint density at radius 2 is 2.05 bits per heavy atom. The fourth-order valence-electron chi connectivity index (χ4n) is 1.79. The van der Waals surface area contributed by atoms with E-state index in [-0.39, 0.29) is 17.8 Å². The Balaban J connectivity index is 2.97. The van der Waals surface area contributed by atoms with Gasteiger partial charge in [0.15, 0.2) is 0 Å². The van der Waals surface area contributed by atoms with Crippen LogP contribution >= 0.6 is 0 Å². The van der Waals surface area contributed by atoms with Crippen molar-refractivity contribution in [2.75, 3.05) is 18.8 Å². The third-order valence-electron chi connectivity index (χ3n) is 2.82. The Morgan fingerprint density at radius 1 is 1.37 bits per heavy atom. The molecule has 0 bridgehead atoms. The Labute approximate surface area is 110 Å². The molecule has 3 nitrogen and oxygen atoms in total. The molecule has 0 aliphatic rings. The van der Waals surface area contributed by atoms with Gasteiger partial charge in [0.2, 0.25) is 0 Å². The molecule has 0 saturated carbocycles. The Hall–Kier alpha value is -1.74. The number of rotatable bonds is 5. The zero-order valence-corrected chi connectivity index (χ0v) is 10.7. The minimum atomic E-state index is -4.42. The smallest absolute Gasteiger partial charge is 0.399 e. The van der Waals surface area contributed by atoms with Gasteiger partial charge in [-0.05, 0) is 24.2 Å². The molecule has 0 aromatic heterocycles. The summed E-state index contributed by atoms with van der Waals surface area (Å²) in [5.74, 6) is 0. The third kappa shape index (κ3) is 4.45. The SMILES string of the molecule is CCN(CCC#N)Cc1ccc(N)cc1C(F)(F)F. The molecule has 0 fully saturated rings. The lowest BCUT2D eigenvalue weighted by molar-refractivity contribution is -0.138. The highest BCUT2D eigenvalue weighted by Gasteiger charge is 2.33. The van der Waals surface area contributed by atoms with E-state index in [9.17, 15) is 13.2 Å². The van der Waals surface area contributed by atoms with Crippen molar-refractivity contribution < 1.29 is 13.2 Å². The zero-order chi connectivity index (χ0) is 14.5. The molecule has 0 atom stereocenters. The van der Waals surface area contributed by atoms with Gasteiger partial charge < -0.3 is 5.73 Å². The molecule has 1 aromatic carbocycles. The van der Waals surface area contributed by atoms with Gasteiger partial charge in [-0.2, -0.15) is 18.4 Å². The number of nitriles is 1. The number of alkyl halides is 3. The van der Waals surface area contributed by atoms with Gasteiger partial charge in [0.25, 0.3) is 0 Å². The van der Waals surface area contributed by atoms with Crippen molar-refractivity contribution in [3.63, 3.8) is 0 Å². The van der Waals surface area contributed by atoms with E-state index in [1.807, 2.05) is 13.0 Å². The molecule has 1 aromatic rings. The van der Waals surface area contributed by atoms with Crippen LogP contribution in [0, 0.1) is 11.3 Å². The number of anilines is 1. The van der Waals surface area contributed by atoms with E-state index < -0.39 is 11.7 Å². The Morgan fingerprint density at radius 3 is 2.58 bits per heavy atom. The summed E-state index contributed by atoms with van der Waals surface area (Å²) < 4.78 is 38.7. The van der Waals surface area contributed by atoms with E-state index in [1.54, 1.807) is 4.90 Å². The second-order valence-corrected chi connectivity index (χ2v) is 4.19. The molecular formula is C13H16F3N3. The molecule has 0 spiro atoms. The van der Waals surface area contributed by atoms with E-state index in [0.717, 1.165) is 6.07 Å². The summed E-state index contributed by atoms with van der Waals surface area (Å²) in [4.78, 5) is 1.80. The van der Waals surface area contributed by atoms with Crippen molar-refractivity contribution in [2.24, 2.45) is 0 Å².